The molecule has 154 valence electrons. The van der Waals surface area contributed by atoms with Gasteiger partial charge >= 0.3 is 0 Å². The van der Waals surface area contributed by atoms with Gasteiger partial charge in [-0.2, -0.15) is 0 Å². The number of anilines is 1. The third kappa shape index (κ3) is 5.11. The van der Waals surface area contributed by atoms with Gasteiger partial charge in [0.05, 0.1) is 5.69 Å². The van der Waals surface area contributed by atoms with Crippen LogP contribution < -0.4 is 10.1 Å². The first-order valence-corrected chi connectivity index (χ1v) is 10.3. The minimum atomic E-state index is -0.104. The second-order valence-electron chi connectivity index (χ2n) is 7.06. The fourth-order valence-corrected chi connectivity index (χ4v) is 3.47. The Bertz CT molecular complexity index is 1250. The third-order valence-electron chi connectivity index (χ3n) is 4.80. The molecule has 0 aliphatic heterocycles. The predicted octanol–water partition coefficient (Wildman–Crippen LogP) is 6.78. The summed E-state index contributed by atoms with van der Waals surface area (Å²) in [5.41, 5.74) is 3.34. The summed E-state index contributed by atoms with van der Waals surface area (Å²) >= 11 is 6.28. The summed E-state index contributed by atoms with van der Waals surface area (Å²) in [6, 6.07) is 27.1. The van der Waals surface area contributed by atoms with Gasteiger partial charge in [0.25, 0.3) is 0 Å². The number of carbonyl (C=O) groups is 1. The Balaban J connectivity index is 1.64. The van der Waals surface area contributed by atoms with Crippen LogP contribution in [0.1, 0.15) is 18.1 Å². The molecule has 4 aromatic rings. The highest BCUT2D eigenvalue weighted by Crippen LogP contribution is 2.29. The van der Waals surface area contributed by atoms with Crippen LogP contribution in [0, 0.1) is 0 Å². The molecule has 0 heterocycles. The molecule has 1 amide bonds. The zero-order chi connectivity index (χ0) is 21.6. The molecule has 0 atom stereocenters. The van der Waals surface area contributed by atoms with Gasteiger partial charge in [0.2, 0.25) is 5.91 Å². The van der Waals surface area contributed by atoms with Crippen molar-refractivity contribution in [2.45, 2.75) is 13.5 Å². The number of nitrogens with one attached hydrogen (secondary N) is 1. The van der Waals surface area contributed by atoms with Gasteiger partial charge in [0.1, 0.15) is 12.4 Å². The monoisotopic (exact) mass is 428 g/mol. The maximum Gasteiger partial charge on any atom is 0.221 e. The van der Waals surface area contributed by atoms with Crippen molar-refractivity contribution in [3.63, 3.8) is 0 Å². The molecular formula is C26H21ClN2O2. The Morgan fingerprint density at radius 2 is 1.71 bits per heavy atom. The van der Waals surface area contributed by atoms with E-state index in [2.05, 4.69) is 22.4 Å². The number of hydrogen-bond acceptors (Lipinski definition) is 3. The van der Waals surface area contributed by atoms with Gasteiger partial charge in [-0.3, -0.25) is 9.79 Å². The molecule has 0 saturated heterocycles. The molecule has 4 aromatic carbocycles. The summed E-state index contributed by atoms with van der Waals surface area (Å²) in [4.78, 5) is 15.8. The van der Waals surface area contributed by atoms with Crippen LogP contribution in [0.5, 0.6) is 5.75 Å². The number of aliphatic imine (C=N–C) groups is 1. The highest BCUT2D eigenvalue weighted by Gasteiger charge is 2.09. The van der Waals surface area contributed by atoms with Crippen LogP contribution in [0.15, 0.2) is 89.9 Å². The van der Waals surface area contributed by atoms with Crippen molar-refractivity contribution in [2.24, 2.45) is 4.99 Å². The number of fused-ring (bicyclic) bond motifs is 1. The molecular weight excluding hydrogens is 408 g/mol. The molecule has 4 nitrogen and oxygen atoms in total. The molecule has 0 aliphatic carbocycles. The number of benzene rings is 4. The van der Waals surface area contributed by atoms with Crippen LogP contribution in [0.3, 0.4) is 0 Å². The van der Waals surface area contributed by atoms with Crippen molar-refractivity contribution < 1.29 is 9.53 Å². The number of carbonyl (C=O) groups excluding carboxylic acids is 1. The van der Waals surface area contributed by atoms with E-state index in [-0.39, 0.29) is 5.91 Å². The van der Waals surface area contributed by atoms with Crippen LogP contribution in [0.2, 0.25) is 5.02 Å². The molecule has 0 radical (unpaired) electrons. The highest BCUT2D eigenvalue weighted by molar-refractivity contribution is 6.31. The average Bonchev–Trinajstić information content (AvgIpc) is 2.78. The minimum absolute atomic E-state index is 0.104. The Kier molecular flexibility index (Phi) is 6.29. The number of hydrogen-bond donors (Lipinski definition) is 1. The van der Waals surface area contributed by atoms with E-state index < -0.39 is 0 Å². The summed E-state index contributed by atoms with van der Waals surface area (Å²) in [6.45, 7) is 1.85. The molecule has 0 aromatic heterocycles. The Morgan fingerprint density at radius 1 is 0.968 bits per heavy atom. The Labute approximate surface area is 186 Å². The molecule has 0 fully saturated rings. The van der Waals surface area contributed by atoms with Crippen LogP contribution in [0.25, 0.3) is 10.8 Å². The molecule has 4 rings (SSSR count). The third-order valence-corrected chi connectivity index (χ3v) is 5.17. The van der Waals surface area contributed by atoms with Gasteiger partial charge in [0, 0.05) is 35.0 Å². The summed E-state index contributed by atoms with van der Waals surface area (Å²) in [5, 5.41) is 5.59. The summed E-state index contributed by atoms with van der Waals surface area (Å²) in [5.74, 6) is 0.629. The quantitative estimate of drug-likeness (QED) is 0.344. The van der Waals surface area contributed by atoms with Crippen molar-refractivity contribution in [2.75, 3.05) is 5.32 Å². The second kappa shape index (κ2) is 9.45. The van der Waals surface area contributed by atoms with E-state index in [0.29, 0.717) is 11.6 Å². The van der Waals surface area contributed by atoms with Crippen molar-refractivity contribution >= 4 is 45.9 Å². The number of ether oxygens (including phenoxy) is 1. The highest BCUT2D eigenvalue weighted by atomic mass is 35.5. The number of amides is 1. The normalized spacial score (nSPS) is 11.0. The molecule has 31 heavy (non-hydrogen) atoms. The average molecular weight is 429 g/mol. The van der Waals surface area contributed by atoms with Crippen molar-refractivity contribution in [1.29, 1.82) is 0 Å². The molecule has 0 bridgehead atoms. The molecule has 0 spiro atoms. The van der Waals surface area contributed by atoms with E-state index in [0.717, 1.165) is 39.0 Å². The Morgan fingerprint density at radius 3 is 2.48 bits per heavy atom. The zero-order valence-corrected chi connectivity index (χ0v) is 17.8. The predicted molar refractivity (Wildman–Crippen MR) is 128 cm³/mol. The van der Waals surface area contributed by atoms with Crippen LogP contribution in [-0.2, 0) is 11.4 Å². The molecule has 1 N–H and O–H groups in total. The molecule has 0 saturated carbocycles. The summed E-state index contributed by atoms with van der Waals surface area (Å²) < 4.78 is 6.14. The van der Waals surface area contributed by atoms with Gasteiger partial charge < -0.3 is 10.1 Å². The molecule has 0 unspecified atom stereocenters. The number of nitrogens with zero attached hydrogens (tertiary/aromatic N) is 1. The molecule has 0 aliphatic rings. The largest absolute Gasteiger partial charge is 0.488 e. The van der Waals surface area contributed by atoms with E-state index in [4.69, 9.17) is 16.3 Å². The number of halogens is 1. The van der Waals surface area contributed by atoms with E-state index in [1.165, 1.54) is 6.92 Å². The van der Waals surface area contributed by atoms with E-state index in [9.17, 15) is 4.79 Å². The van der Waals surface area contributed by atoms with Crippen molar-refractivity contribution in [3.05, 3.63) is 101 Å². The zero-order valence-electron chi connectivity index (χ0n) is 17.0. The smallest absolute Gasteiger partial charge is 0.221 e. The van der Waals surface area contributed by atoms with Gasteiger partial charge in [-0.25, -0.2) is 0 Å². The maximum absolute atomic E-state index is 11.2. The van der Waals surface area contributed by atoms with Crippen LogP contribution in [-0.4, -0.2) is 12.1 Å². The topological polar surface area (TPSA) is 50.7 Å². The summed E-state index contributed by atoms with van der Waals surface area (Å²) in [6.07, 6.45) is 1.82. The number of rotatable bonds is 6. The fraction of sp³-hybridized carbons (Fsp3) is 0.0769. The lowest BCUT2D eigenvalue weighted by molar-refractivity contribution is -0.114. The van der Waals surface area contributed by atoms with Crippen LogP contribution in [0.4, 0.5) is 11.4 Å². The lowest BCUT2D eigenvalue weighted by atomic mass is 10.0. The van der Waals surface area contributed by atoms with Gasteiger partial charge in [-0.05, 0) is 47.2 Å². The van der Waals surface area contributed by atoms with Crippen molar-refractivity contribution in [3.8, 4) is 5.75 Å². The van der Waals surface area contributed by atoms with Crippen LogP contribution >= 0.6 is 11.6 Å². The fourth-order valence-electron chi connectivity index (χ4n) is 3.28. The van der Waals surface area contributed by atoms with Gasteiger partial charge in [-0.15, -0.1) is 0 Å². The van der Waals surface area contributed by atoms with Gasteiger partial charge in [0.15, 0.2) is 0 Å². The first-order valence-electron chi connectivity index (χ1n) is 9.90. The Hall–Kier alpha value is -3.63. The summed E-state index contributed by atoms with van der Waals surface area (Å²) in [7, 11) is 0. The van der Waals surface area contributed by atoms with E-state index >= 15 is 0 Å². The van der Waals surface area contributed by atoms with Gasteiger partial charge in [-0.1, -0.05) is 60.1 Å². The SMILES string of the molecule is CC(=O)Nc1ccc(N=Cc2c(OCc3ccccc3Cl)ccc3ccccc23)cc1. The second-order valence-corrected chi connectivity index (χ2v) is 7.47. The standard InChI is InChI=1S/C26H21ClN2O2/c1-18(30)29-22-13-11-21(12-14-22)28-16-24-23-8-4-2-6-19(23)10-15-26(24)31-17-20-7-3-5-9-25(20)27/h2-16H,17H2,1H3,(H,29,30). The minimum Gasteiger partial charge on any atom is -0.488 e. The van der Waals surface area contributed by atoms with Crippen molar-refractivity contribution in [1.82, 2.24) is 0 Å². The first kappa shape index (κ1) is 20.6. The maximum atomic E-state index is 11.2. The lowest BCUT2D eigenvalue weighted by Gasteiger charge is -2.12. The lowest BCUT2D eigenvalue weighted by Crippen LogP contribution is -2.04. The van der Waals surface area contributed by atoms with E-state index in [1.807, 2.05) is 79.0 Å². The first-order chi connectivity index (χ1) is 15.1. The van der Waals surface area contributed by atoms with E-state index in [1.54, 1.807) is 0 Å². The molecule has 5 heteroatoms.